The van der Waals surface area contributed by atoms with E-state index in [1.54, 1.807) is 40.0 Å². The van der Waals surface area contributed by atoms with Gasteiger partial charge in [-0.2, -0.15) is 0 Å². The lowest BCUT2D eigenvalue weighted by Gasteiger charge is -2.25. The van der Waals surface area contributed by atoms with Crippen molar-refractivity contribution in [3.63, 3.8) is 0 Å². The highest BCUT2D eigenvalue weighted by molar-refractivity contribution is 7.89. The minimum Gasteiger partial charge on any atom is -0.497 e. The van der Waals surface area contributed by atoms with Crippen LogP contribution in [0, 0.1) is 0 Å². The molecule has 1 heterocycles. The van der Waals surface area contributed by atoms with Gasteiger partial charge in [-0.25, -0.2) is 13.1 Å². The summed E-state index contributed by atoms with van der Waals surface area (Å²) < 4.78 is 32.7. The average molecular weight is 417 g/mol. The molecule has 0 spiro atoms. The first-order valence-corrected chi connectivity index (χ1v) is 11.2. The zero-order chi connectivity index (χ0) is 21.2. The number of nitrogens with zero attached hydrogens (tertiary/aromatic N) is 1. The van der Waals surface area contributed by atoms with Crippen molar-refractivity contribution in [1.29, 1.82) is 0 Å². The minimum atomic E-state index is -3.63. The summed E-state index contributed by atoms with van der Waals surface area (Å²) in [5.41, 5.74) is 0.986. The predicted molar refractivity (Wildman–Crippen MR) is 113 cm³/mol. The second-order valence-electron chi connectivity index (χ2n) is 8.31. The van der Waals surface area contributed by atoms with Crippen LogP contribution in [-0.2, 0) is 10.0 Å². The van der Waals surface area contributed by atoms with E-state index in [1.807, 2.05) is 29.2 Å². The molecule has 1 N–H and O–H groups in total. The zero-order valence-corrected chi connectivity index (χ0v) is 18.1. The van der Waals surface area contributed by atoms with Crippen molar-refractivity contribution in [1.82, 2.24) is 9.62 Å². The number of carbonyl (C=O) groups is 1. The van der Waals surface area contributed by atoms with Crippen molar-refractivity contribution in [2.24, 2.45) is 0 Å². The van der Waals surface area contributed by atoms with Gasteiger partial charge < -0.3 is 9.64 Å². The third-order valence-electron chi connectivity index (χ3n) is 4.87. The van der Waals surface area contributed by atoms with E-state index in [0.29, 0.717) is 12.1 Å². The first kappa shape index (κ1) is 21.3. The van der Waals surface area contributed by atoms with Gasteiger partial charge in [0, 0.05) is 17.6 Å². The summed E-state index contributed by atoms with van der Waals surface area (Å²) in [7, 11) is -2.00. The van der Waals surface area contributed by atoms with Gasteiger partial charge in [0.15, 0.2) is 0 Å². The molecule has 156 valence electrons. The second-order valence-corrected chi connectivity index (χ2v) is 9.99. The number of hydrogen-bond donors (Lipinski definition) is 1. The van der Waals surface area contributed by atoms with Crippen LogP contribution in [0.25, 0.3) is 0 Å². The van der Waals surface area contributed by atoms with Gasteiger partial charge in [-0.3, -0.25) is 4.79 Å². The maximum absolute atomic E-state index is 13.1. The maximum Gasteiger partial charge on any atom is 0.254 e. The van der Waals surface area contributed by atoms with E-state index in [0.717, 1.165) is 24.2 Å². The number of benzene rings is 2. The van der Waals surface area contributed by atoms with Crippen molar-refractivity contribution in [2.75, 3.05) is 13.7 Å². The summed E-state index contributed by atoms with van der Waals surface area (Å²) in [5.74, 6) is 0.696. The van der Waals surface area contributed by atoms with Gasteiger partial charge in [0.25, 0.3) is 5.91 Å². The highest BCUT2D eigenvalue weighted by atomic mass is 32.2. The van der Waals surface area contributed by atoms with Crippen LogP contribution in [-0.4, -0.2) is 38.4 Å². The molecule has 1 amide bonds. The number of rotatable bonds is 5. The molecule has 0 aliphatic carbocycles. The number of sulfonamides is 1. The van der Waals surface area contributed by atoms with Crippen LogP contribution in [0.1, 0.15) is 55.6 Å². The van der Waals surface area contributed by atoms with Gasteiger partial charge in [0.2, 0.25) is 10.0 Å². The van der Waals surface area contributed by atoms with Gasteiger partial charge in [-0.1, -0.05) is 12.1 Å². The fourth-order valence-electron chi connectivity index (χ4n) is 3.59. The average Bonchev–Trinajstić information content (AvgIpc) is 3.15. The molecule has 1 aliphatic rings. The first-order chi connectivity index (χ1) is 13.6. The van der Waals surface area contributed by atoms with Gasteiger partial charge in [-0.15, -0.1) is 0 Å². The predicted octanol–water partition coefficient (Wildman–Crippen LogP) is 3.75. The SMILES string of the molecule is COc1ccc(C2CCCN2C(=O)c2ccc(S(=O)(=O)NC(C)(C)C)cc2)cc1. The molecule has 6 nitrogen and oxygen atoms in total. The monoisotopic (exact) mass is 416 g/mol. The molecule has 0 saturated carbocycles. The summed E-state index contributed by atoms with van der Waals surface area (Å²) >= 11 is 0. The summed E-state index contributed by atoms with van der Waals surface area (Å²) in [6, 6.07) is 13.9. The van der Waals surface area contributed by atoms with Crippen LogP contribution >= 0.6 is 0 Å². The summed E-state index contributed by atoms with van der Waals surface area (Å²) in [4.78, 5) is 15.1. The number of methoxy groups -OCH3 is 1. The van der Waals surface area contributed by atoms with E-state index in [4.69, 9.17) is 4.74 Å². The Bertz CT molecular complexity index is 961. The lowest BCUT2D eigenvalue weighted by molar-refractivity contribution is 0.0735. The lowest BCUT2D eigenvalue weighted by atomic mass is 10.0. The molecule has 7 heteroatoms. The van der Waals surface area contributed by atoms with Crippen molar-refractivity contribution in [3.8, 4) is 5.75 Å². The minimum absolute atomic E-state index is 0.0133. The van der Waals surface area contributed by atoms with Crippen LogP contribution in [0.5, 0.6) is 5.75 Å². The van der Waals surface area contributed by atoms with Gasteiger partial charge in [0.05, 0.1) is 18.0 Å². The Morgan fingerprint density at radius 1 is 1.07 bits per heavy atom. The Hall–Kier alpha value is -2.38. The Balaban J connectivity index is 1.79. The third-order valence-corrected chi connectivity index (χ3v) is 6.64. The molecule has 1 saturated heterocycles. The quantitative estimate of drug-likeness (QED) is 0.805. The van der Waals surface area contributed by atoms with Crippen LogP contribution in [0.2, 0.25) is 0 Å². The van der Waals surface area contributed by atoms with Crippen LogP contribution in [0.15, 0.2) is 53.4 Å². The molecule has 2 aromatic carbocycles. The standard InChI is InChI=1S/C22H28N2O4S/c1-22(2,3)23-29(26,27)19-13-9-17(10-14-19)21(25)24-15-5-6-20(24)16-7-11-18(28-4)12-8-16/h7-14,20,23H,5-6,15H2,1-4H3. The highest BCUT2D eigenvalue weighted by Gasteiger charge is 2.31. The molecule has 0 aromatic heterocycles. The van der Waals surface area contributed by atoms with Crippen LogP contribution in [0.4, 0.5) is 0 Å². The molecule has 0 bridgehead atoms. The van der Waals surface area contributed by atoms with E-state index in [1.165, 1.54) is 12.1 Å². The van der Waals surface area contributed by atoms with E-state index >= 15 is 0 Å². The molecule has 1 fully saturated rings. The topological polar surface area (TPSA) is 75.7 Å². The smallest absolute Gasteiger partial charge is 0.254 e. The number of carbonyl (C=O) groups excluding carboxylic acids is 1. The Morgan fingerprint density at radius 3 is 2.24 bits per heavy atom. The van der Waals surface area contributed by atoms with E-state index in [-0.39, 0.29) is 16.8 Å². The van der Waals surface area contributed by atoms with E-state index in [9.17, 15) is 13.2 Å². The lowest BCUT2D eigenvalue weighted by Crippen LogP contribution is -2.40. The second kappa shape index (κ2) is 8.16. The summed E-state index contributed by atoms with van der Waals surface area (Å²) in [5, 5.41) is 0. The maximum atomic E-state index is 13.1. The fourth-order valence-corrected chi connectivity index (χ4v) is 5.01. The summed E-state index contributed by atoms with van der Waals surface area (Å²) in [6.07, 6.45) is 1.84. The highest BCUT2D eigenvalue weighted by Crippen LogP contribution is 2.34. The normalized spacial score (nSPS) is 17.4. The molecule has 2 aromatic rings. The summed E-state index contributed by atoms with van der Waals surface area (Å²) in [6.45, 7) is 6.04. The number of nitrogens with one attached hydrogen (secondary N) is 1. The number of hydrogen-bond acceptors (Lipinski definition) is 4. The Labute approximate surface area is 172 Å². The fraction of sp³-hybridized carbons (Fsp3) is 0.409. The molecule has 1 atom stereocenters. The van der Waals surface area contributed by atoms with E-state index in [2.05, 4.69) is 4.72 Å². The molecular formula is C22H28N2O4S. The van der Waals surface area contributed by atoms with Crippen molar-refractivity contribution >= 4 is 15.9 Å². The van der Waals surface area contributed by atoms with Gasteiger partial charge in [0.1, 0.15) is 5.75 Å². The van der Waals surface area contributed by atoms with Gasteiger partial charge in [-0.05, 0) is 75.6 Å². The molecule has 1 unspecified atom stereocenters. The Morgan fingerprint density at radius 2 is 1.69 bits per heavy atom. The van der Waals surface area contributed by atoms with Crippen molar-refractivity contribution in [2.45, 2.75) is 50.1 Å². The Kier molecular flexibility index (Phi) is 6.00. The van der Waals surface area contributed by atoms with Gasteiger partial charge >= 0.3 is 0 Å². The molecule has 1 aliphatic heterocycles. The molecule has 0 radical (unpaired) electrons. The van der Waals surface area contributed by atoms with Crippen LogP contribution in [0.3, 0.4) is 0 Å². The number of ether oxygens (including phenoxy) is 1. The first-order valence-electron chi connectivity index (χ1n) is 9.70. The van der Waals surface area contributed by atoms with Crippen LogP contribution < -0.4 is 9.46 Å². The number of likely N-dealkylation sites (tertiary alicyclic amines) is 1. The van der Waals surface area contributed by atoms with Crippen molar-refractivity contribution in [3.05, 3.63) is 59.7 Å². The zero-order valence-electron chi connectivity index (χ0n) is 17.3. The third kappa shape index (κ3) is 4.97. The van der Waals surface area contributed by atoms with E-state index < -0.39 is 15.6 Å². The molecule has 29 heavy (non-hydrogen) atoms. The largest absolute Gasteiger partial charge is 0.497 e. The molecular weight excluding hydrogens is 388 g/mol. The number of amides is 1. The molecule has 3 rings (SSSR count). The van der Waals surface area contributed by atoms with Crippen molar-refractivity contribution < 1.29 is 17.9 Å².